The zero-order chi connectivity index (χ0) is 15.0. The summed E-state index contributed by atoms with van der Waals surface area (Å²) >= 11 is 0. The van der Waals surface area contributed by atoms with Crippen LogP contribution in [0.1, 0.15) is 23.5 Å². The van der Waals surface area contributed by atoms with E-state index in [4.69, 9.17) is 10.00 Å². The molecule has 2 aromatic carbocycles. The Kier molecular flexibility index (Phi) is 3.13. The molecule has 2 atom stereocenters. The number of nitriles is 1. The molecular weight excluding hydrogens is 272 g/mol. The summed E-state index contributed by atoms with van der Waals surface area (Å²) in [7, 11) is 0. The first-order chi connectivity index (χ1) is 10.8. The van der Waals surface area contributed by atoms with Gasteiger partial charge in [-0.25, -0.2) is 0 Å². The summed E-state index contributed by atoms with van der Waals surface area (Å²) in [6.07, 6.45) is 0.915. The van der Waals surface area contributed by atoms with E-state index in [2.05, 4.69) is 53.4 Å². The second-order valence-corrected chi connectivity index (χ2v) is 6.09. The van der Waals surface area contributed by atoms with Crippen molar-refractivity contribution >= 4 is 0 Å². The summed E-state index contributed by atoms with van der Waals surface area (Å²) in [6.45, 7) is 2.26. The fourth-order valence-electron chi connectivity index (χ4n) is 3.89. The second-order valence-electron chi connectivity index (χ2n) is 6.09. The predicted molar refractivity (Wildman–Crippen MR) is 84.6 cm³/mol. The zero-order valence-corrected chi connectivity index (χ0v) is 12.4. The highest BCUT2D eigenvalue weighted by atomic mass is 16.5. The van der Waals surface area contributed by atoms with Gasteiger partial charge in [0.1, 0.15) is 11.4 Å². The first-order valence-corrected chi connectivity index (χ1v) is 7.76. The Labute approximate surface area is 130 Å². The van der Waals surface area contributed by atoms with Crippen LogP contribution in [0.4, 0.5) is 0 Å². The van der Waals surface area contributed by atoms with Crippen molar-refractivity contribution in [2.75, 3.05) is 19.6 Å². The smallest absolute Gasteiger partial charge is 0.143 e. The van der Waals surface area contributed by atoms with Gasteiger partial charge in [0, 0.05) is 31.0 Å². The summed E-state index contributed by atoms with van der Waals surface area (Å²) in [4.78, 5) is 2.23. The van der Waals surface area contributed by atoms with Crippen molar-refractivity contribution in [1.82, 2.24) is 4.90 Å². The number of hydrogen-bond donors (Lipinski definition) is 0. The molecule has 0 spiro atoms. The molecule has 3 nitrogen and oxygen atoms in total. The van der Waals surface area contributed by atoms with Crippen molar-refractivity contribution in [1.29, 1.82) is 5.26 Å². The lowest BCUT2D eigenvalue weighted by atomic mass is 9.74. The molecule has 0 radical (unpaired) electrons. The maximum absolute atomic E-state index is 9.01. The van der Waals surface area contributed by atoms with Crippen molar-refractivity contribution < 1.29 is 4.74 Å². The fourth-order valence-corrected chi connectivity index (χ4v) is 3.89. The van der Waals surface area contributed by atoms with Crippen LogP contribution >= 0.6 is 0 Å². The van der Waals surface area contributed by atoms with E-state index >= 15 is 0 Å². The molecule has 22 heavy (non-hydrogen) atoms. The molecular formula is C19H18N2O. The highest BCUT2D eigenvalue weighted by Gasteiger charge is 2.52. The van der Waals surface area contributed by atoms with E-state index in [1.807, 2.05) is 12.1 Å². The van der Waals surface area contributed by atoms with Gasteiger partial charge in [-0.3, -0.25) is 4.90 Å². The Bertz CT molecular complexity index is 722. The van der Waals surface area contributed by atoms with Crippen LogP contribution in [0.5, 0.6) is 5.75 Å². The van der Waals surface area contributed by atoms with E-state index in [-0.39, 0.29) is 11.5 Å². The van der Waals surface area contributed by atoms with Gasteiger partial charge in [-0.15, -0.1) is 0 Å². The van der Waals surface area contributed by atoms with Crippen LogP contribution in [0.2, 0.25) is 0 Å². The number of piperidine rings is 1. The molecule has 110 valence electrons. The molecule has 2 aromatic rings. The van der Waals surface area contributed by atoms with Crippen LogP contribution in [-0.4, -0.2) is 24.5 Å². The lowest BCUT2D eigenvalue weighted by Gasteiger charge is -2.42. The number of para-hydroxylation sites is 1. The molecule has 2 aliphatic heterocycles. The molecule has 0 bridgehead atoms. The van der Waals surface area contributed by atoms with Crippen molar-refractivity contribution in [2.24, 2.45) is 0 Å². The van der Waals surface area contributed by atoms with E-state index in [0.717, 1.165) is 25.3 Å². The van der Waals surface area contributed by atoms with Crippen LogP contribution < -0.4 is 4.74 Å². The minimum atomic E-state index is -0.281. The molecule has 4 rings (SSSR count). The number of likely N-dealkylation sites (tertiary alicyclic amines) is 1. The topological polar surface area (TPSA) is 36.3 Å². The van der Waals surface area contributed by atoms with Crippen LogP contribution in [0.3, 0.4) is 0 Å². The third-order valence-electron chi connectivity index (χ3n) is 4.95. The lowest BCUT2D eigenvalue weighted by molar-refractivity contribution is 0.00345. The summed E-state index contributed by atoms with van der Waals surface area (Å²) < 4.78 is 6.50. The molecule has 1 fully saturated rings. The van der Waals surface area contributed by atoms with Gasteiger partial charge in [-0.2, -0.15) is 5.26 Å². The summed E-state index contributed by atoms with van der Waals surface area (Å²) in [5, 5.41) is 9.01. The first-order valence-electron chi connectivity index (χ1n) is 7.76. The van der Waals surface area contributed by atoms with Crippen LogP contribution in [0.25, 0.3) is 0 Å². The minimum absolute atomic E-state index is 0.281. The van der Waals surface area contributed by atoms with E-state index in [1.165, 1.54) is 11.1 Å². The van der Waals surface area contributed by atoms with Crippen molar-refractivity contribution in [3.63, 3.8) is 0 Å². The number of nitrogens with zero attached hydrogens (tertiary/aromatic N) is 2. The molecule has 0 N–H and O–H groups in total. The molecule has 3 heteroatoms. The van der Waals surface area contributed by atoms with Gasteiger partial charge >= 0.3 is 0 Å². The lowest BCUT2D eigenvalue weighted by Crippen LogP contribution is -2.49. The van der Waals surface area contributed by atoms with Gasteiger partial charge in [0.05, 0.1) is 12.6 Å². The van der Waals surface area contributed by atoms with Crippen LogP contribution in [-0.2, 0) is 5.60 Å². The van der Waals surface area contributed by atoms with Crippen LogP contribution in [0, 0.1) is 11.3 Å². The number of hydrogen-bond acceptors (Lipinski definition) is 3. The Morgan fingerprint density at radius 3 is 2.73 bits per heavy atom. The normalized spacial score (nSPS) is 26.6. The van der Waals surface area contributed by atoms with E-state index in [0.29, 0.717) is 6.54 Å². The van der Waals surface area contributed by atoms with E-state index < -0.39 is 0 Å². The van der Waals surface area contributed by atoms with Gasteiger partial charge in [-0.1, -0.05) is 48.5 Å². The third-order valence-corrected chi connectivity index (χ3v) is 4.95. The number of fused-ring (bicyclic) bond motifs is 3. The number of ether oxygens (including phenoxy) is 1. The Hall–Kier alpha value is -2.31. The van der Waals surface area contributed by atoms with Crippen molar-refractivity contribution in [3.8, 4) is 11.8 Å². The van der Waals surface area contributed by atoms with Crippen molar-refractivity contribution in [3.05, 3.63) is 65.7 Å². The van der Waals surface area contributed by atoms with E-state index in [9.17, 15) is 0 Å². The zero-order valence-electron chi connectivity index (χ0n) is 12.4. The predicted octanol–water partition coefficient (Wildman–Crippen LogP) is 3.29. The standard InChI is InChI=1S/C19H18N2O/c20-11-13-21-12-10-19(15-6-2-1-3-7-15)17(14-21)16-8-4-5-9-18(16)22-19/h1-9,17H,10,12-14H2/t17-,19+/m0/s1. The SMILES string of the molecule is N#CCN1CC[C@]2(c3ccccc3)Oc3ccccc3[C@@H]2C1. The molecule has 2 aliphatic rings. The average molecular weight is 290 g/mol. The average Bonchev–Trinajstić information content (AvgIpc) is 2.91. The number of benzene rings is 2. The minimum Gasteiger partial charge on any atom is -0.482 e. The maximum Gasteiger partial charge on any atom is 0.143 e. The molecule has 2 heterocycles. The molecule has 0 amide bonds. The van der Waals surface area contributed by atoms with Gasteiger partial charge in [0.25, 0.3) is 0 Å². The van der Waals surface area contributed by atoms with Gasteiger partial charge in [-0.05, 0) is 11.6 Å². The van der Waals surface area contributed by atoms with Gasteiger partial charge in [0.2, 0.25) is 0 Å². The highest BCUT2D eigenvalue weighted by molar-refractivity contribution is 5.47. The summed E-state index contributed by atoms with van der Waals surface area (Å²) in [5.41, 5.74) is 2.23. The quantitative estimate of drug-likeness (QED) is 0.796. The largest absolute Gasteiger partial charge is 0.482 e. The number of rotatable bonds is 2. The molecule has 0 aliphatic carbocycles. The highest BCUT2D eigenvalue weighted by Crippen LogP contribution is 2.54. The van der Waals surface area contributed by atoms with Gasteiger partial charge in [0.15, 0.2) is 0 Å². The second kappa shape index (κ2) is 5.15. The first kappa shape index (κ1) is 13.4. The fraction of sp³-hybridized carbons (Fsp3) is 0.316. The maximum atomic E-state index is 9.01. The summed E-state index contributed by atoms with van der Waals surface area (Å²) in [5.74, 6) is 1.28. The monoisotopic (exact) mass is 290 g/mol. The summed E-state index contributed by atoms with van der Waals surface area (Å²) in [6, 6.07) is 21.1. The van der Waals surface area contributed by atoms with Crippen molar-refractivity contribution in [2.45, 2.75) is 17.9 Å². The molecule has 0 aromatic heterocycles. The molecule has 0 saturated carbocycles. The molecule has 1 saturated heterocycles. The Balaban J connectivity index is 1.79. The Morgan fingerprint density at radius 1 is 1.14 bits per heavy atom. The molecule has 0 unspecified atom stereocenters. The Morgan fingerprint density at radius 2 is 1.91 bits per heavy atom. The van der Waals surface area contributed by atoms with E-state index in [1.54, 1.807) is 0 Å². The van der Waals surface area contributed by atoms with Gasteiger partial charge < -0.3 is 4.74 Å². The third kappa shape index (κ3) is 1.92. The van der Waals surface area contributed by atoms with Crippen LogP contribution in [0.15, 0.2) is 54.6 Å².